The van der Waals surface area contributed by atoms with Gasteiger partial charge in [0.25, 0.3) is 11.8 Å². The first-order valence-corrected chi connectivity index (χ1v) is 7.99. The molecule has 2 N–H and O–H groups in total. The minimum Gasteiger partial charge on any atom is -0.349 e. The topological polar surface area (TPSA) is 58.2 Å². The Labute approximate surface area is 141 Å². The summed E-state index contributed by atoms with van der Waals surface area (Å²) in [5.41, 5.74) is 0.854. The number of benzene rings is 2. The maximum Gasteiger partial charge on any atom is 0.258 e. The van der Waals surface area contributed by atoms with E-state index in [0.717, 1.165) is 12.8 Å². The van der Waals surface area contributed by atoms with E-state index in [4.69, 9.17) is 0 Å². The Bertz CT molecular complexity index is 775. The van der Waals surface area contributed by atoms with Crippen molar-refractivity contribution in [1.82, 2.24) is 5.32 Å². The fourth-order valence-electron chi connectivity index (χ4n) is 2.11. The Balaban J connectivity index is 1.74. The van der Waals surface area contributed by atoms with Crippen LogP contribution in [0.15, 0.2) is 46.9 Å². The van der Waals surface area contributed by atoms with Gasteiger partial charge in [-0.25, -0.2) is 4.39 Å². The molecule has 3 rings (SSSR count). The average molecular weight is 377 g/mol. The standard InChI is InChI=1S/C17H14BrFN2O2/c18-11-4-7-14(15(19)9-11)17(23)21-13-3-1-2-10(8-13)16(22)20-12-5-6-12/h1-4,7-9,12H,5-6H2,(H,20,22)(H,21,23). The molecule has 0 unspecified atom stereocenters. The number of rotatable bonds is 4. The highest BCUT2D eigenvalue weighted by molar-refractivity contribution is 9.10. The maximum absolute atomic E-state index is 13.8. The molecule has 6 heteroatoms. The molecular formula is C17H14BrFN2O2. The van der Waals surface area contributed by atoms with Crippen LogP contribution in [0.4, 0.5) is 10.1 Å². The molecule has 0 atom stereocenters. The van der Waals surface area contributed by atoms with Crippen molar-refractivity contribution in [1.29, 1.82) is 0 Å². The summed E-state index contributed by atoms with van der Waals surface area (Å²) < 4.78 is 14.4. The molecule has 0 heterocycles. The minimum absolute atomic E-state index is 0.0546. The summed E-state index contributed by atoms with van der Waals surface area (Å²) >= 11 is 3.15. The zero-order valence-corrected chi connectivity index (χ0v) is 13.7. The largest absolute Gasteiger partial charge is 0.349 e. The molecule has 0 radical (unpaired) electrons. The fourth-order valence-corrected chi connectivity index (χ4v) is 2.44. The first kappa shape index (κ1) is 15.7. The van der Waals surface area contributed by atoms with Crippen LogP contribution in [0.1, 0.15) is 33.6 Å². The lowest BCUT2D eigenvalue weighted by atomic mass is 10.1. The van der Waals surface area contributed by atoms with Crippen LogP contribution < -0.4 is 10.6 Å². The molecule has 2 aromatic rings. The molecule has 2 aromatic carbocycles. The Morgan fingerprint density at radius 2 is 1.87 bits per heavy atom. The van der Waals surface area contributed by atoms with Crippen molar-refractivity contribution in [2.45, 2.75) is 18.9 Å². The van der Waals surface area contributed by atoms with Gasteiger partial charge in [-0.15, -0.1) is 0 Å². The highest BCUT2D eigenvalue weighted by Gasteiger charge is 2.23. The second-order valence-corrected chi connectivity index (χ2v) is 6.32. The summed E-state index contributed by atoms with van der Waals surface area (Å²) in [6, 6.07) is 11.1. The van der Waals surface area contributed by atoms with Crippen molar-refractivity contribution in [2.75, 3.05) is 5.32 Å². The summed E-state index contributed by atoms with van der Waals surface area (Å²) in [7, 11) is 0. The SMILES string of the molecule is O=C(NC1CC1)c1cccc(NC(=O)c2ccc(Br)cc2F)c1. The average Bonchev–Trinajstić information content (AvgIpc) is 3.31. The van der Waals surface area contributed by atoms with Gasteiger partial charge in [0.05, 0.1) is 5.56 Å². The van der Waals surface area contributed by atoms with Crippen LogP contribution in [0.25, 0.3) is 0 Å². The second kappa shape index (κ2) is 6.50. The van der Waals surface area contributed by atoms with Crippen LogP contribution in [-0.2, 0) is 0 Å². The van der Waals surface area contributed by atoms with E-state index in [2.05, 4.69) is 26.6 Å². The molecule has 1 fully saturated rings. The number of anilines is 1. The van der Waals surface area contributed by atoms with Crippen LogP contribution >= 0.6 is 15.9 Å². The van der Waals surface area contributed by atoms with E-state index in [1.807, 2.05) is 0 Å². The van der Waals surface area contributed by atoms with E-state index in [9.17, 15) is 14.0 Å². The molecule has 23 heavy (non-hydrogen) atoms. The van der Waals surface area contributed by atoms with Gasteiger partial charge in [0, 0.05) is 21.8 Å². The molecule has 4 nitrogen and oxygen atoms in total. The van der Waals surface area contributed by atoms with E-state index in [0.29, 0.717) is 15.7 Å². The molecule has 0 bridgehead atoms. The van der Waals surface area contributed by atoms with Gasteiger partial charge in [-0.3, -0.25) is 9.59 Å². The molecular weight excluding hydrogens is 363 g/mol. The lowest BCUT2D eigenvalue weighted by Crippen LogP contribution is -2.25. The third kappa shape index (κ3) is 3.96. The number of amides is 2. The van der Waals surface area contributed by atoms with Crippen molar-refractivity contribution in [3.05, 3.63) is 63.9 Å². The van der Waals surface area contributed by atoms with Gasteiger partial charge in [-0.2, -0.15) is 0 Å². The van der Waals surface area contributed by atoms with E-state index in [1.165, 1.54) is 12.1 Å². The predicted octanol–water partition coefficient (Wildman–Crippen LogP) is 3.73. The van der Waals surface area contributed by atoms with Crippen molar-refractivity contribution in [3.8, 4) is 0 Å². The van der Waals surface area contributed by atoms with Crippen LogP contribution in [0, 0.1) is 5.82 Å². The third-order valence-electron chi connectivity index (χ3n) is 3.47. The number of carbonyl (C=O) groups is 2. The number of nitrogens with one attached hydrogen (secondary N) is 2. The molecule has 0 spiro atoms. The van der Waals surface area contributed by atoms with Gasteiger partial charge >= 0.3 is 0 Å². The highest BCUT2D eigenvalue weighted by Crippen LogP contribution is 2.20. The van der Waals surface area contributed by atoms with Gasteiger partial charge < -0.3 is 10.6 Å². The van der Waals surface area contributed by atoms with E-state index < -0.39 is 11.7 Å². The zero-order valence-electron chi connectivity index (χ0n) is 12.1. The van der Waals surface area contributed by atoms with Gasteiger partial charge in [0.2, 0.25) is 0 Å². The van der Waals surface area contributed by atoms with E-state index >= 15 is 0 Å². The molecule has 0 saturated heterocycles. The lowest BCUT2D eigenvalue weighted by molar-refractivity contribution is 0.0949. The molecule has 118 valence electrons. The normalized spacial score (nSPS) is 13.5. The first-order chi connectivity index (χ1) is 11.0. The summed E-state index contributed by atoms with van der Waals surface area (Å²) in [5, 5.41) is 5.49. The van der Waals surface area contributed by atoms with Crippen LogP contribution in [0.5, 0.6) is 0 Å². The summed E-state index contributed by atoms with van der Waals surface area (Å²) in [5.74, 6) is -1.34. The van der Waals surface area contributed by atoms with Crippen LogP contribution in [0.2, 0.25) is 0 Å². The zero-order chi connectivity index (χ0) is 16.4. The smallest absolute Gasteiger partial charge is 0.258 e. The van der Waals surface area contributed by atoms with Crippen LogP contribution in [-0.4, -0.2) is 17.9 Å². The molecule has 0 aliphatic heterocycles. The van der Waals surface area contributed by atoms with Crippen molar-refractivity contribution >= 4 is 33.4 Å². The molecule has 2 amide bonds. The Morgan fingerprint density at radius 1 is 1.09 bits per heavy atom. The van der Waals surface area contributed by atoms with Gasteiger partial charge in [0.15, 0.2) is 0 Å². The fraction of sp³-hybridized carbons (Fsp3) is 0.176. The van der Waals surface area contributed by atoms with E-state index in [1.54, 1.807) is 30.3 Å². The maximum atomic E-state index is 13.8. The monoisotopic (exact) mass is 376 g/mol. The van der Waals surface area contributed by atoms with Crippen LogP contribution in [0.3, 0.4) is 0 Å². The van der Waals surface area contributed by atoms with Gasteiger partial charge in [-0.05, 0) is 49.2 Å². The van der Waals surface area contributed by atoms with Gasteiger partial charge in [0.1, 0.15) is 5.82 Å². The van der Waals surface area contributed by atoms with Gasteiger partial charge in [-0.1, -0.05) is 22.0 Å². The Hall–Kier alpha value is -2.21. The summed E-state index contributed by atoms with van der Waals surface area (Å²) in [4.78, 5) is 24.2. The third-order valence-corrected chi connectivity index (χ3v) is 3.96. The second-order valence-electron chi connectivity index (χ2n) is 5.41. The Morgan fingerprint density at radius 3 is 2.57 bits per heavy atom. The minimum atomic E-state index is -0.612. The molecule has 1 aliphatic rings. The van der Waals surface area contributed by atoms with Crippen molar-refractivity contribution in [2.24, 2.45) is 0 Å². The molecule has 0 aromatic heterocycles. The molecule has 1 saturated carbocycles. The summed E-state index contributed by atoms with van der Waals surface area (Å²) in [6.07, 6.45) is 2.01. The first-order valence-electron chi connectivity index (χ1n) is 7.20. The van der Waals surface area contributed by atoms with Crippen molar-refractivity contribution < 1.29 is 14.0 Å². The number of hydrogen-bond donors (Lipinski definition) is 2. The Kier molecular flexibility index (Phi) is 4.43. The summed E-state index contributed by atoms with van der Waals surface area (Å²) in [6.45, 7) is 0. The predicted molar refractivity (Wildman–Crippen MR) is 89.0 cm³/mol. The lowest BCUT2D eigenvalue weighted by Gasteiger charge is -2.08. The quantitative estimate of drug-likeness (QED) is 0.853. The number of carbonyl (C=O) groups excluding carboxylic acids is 2. The van der Waals surface area contributed by atoms with Crippen molar-refractivity contribution in [3.63, 3.8) is 0 Å². The van der Waals surface area contributed by atoms with E-state index in [-0.39, 0.29) is 17.5 Å². The molecule has 1 aliphatic carbocycles. The number of halogens is 2. The number of hydrogen-bond acceptors (Lipinski definition) is 2. The highest BCUT2D eigenvalue weighted by atomic mass is 79.9.